The summed E-state index contributed by atoms with van der Waals surface area (Å²) in [5.74, 6) is 0. The molecule has 122 valence electrons. The van der Waals surface area contributed by atoms with Gasteiger partial charge in [-0.05, 0) is 26.1 Å². The second-order valence-corrected chi connectivity index (χ2v) is 6.42. The van der Waals surface area contributed by atoms with Gasteiger partial charge in [0, 0.05) is 26.2 Å². The molecule has 0 aliphatic carbocycles. The first-order chi connectivity index (χ1) is 11.1. The highest BCUT2D eigenvalue weighted by atomic mass is 35.5. The van der Waals surface area contributed by atoms with Crippen molar-refractivity contribution in [1.29, 1.82) is 0 Å². The van der Waals surface area contributed by atoms with Crippen LogP contribution in [0.3, 0.4) is 0 Å². The number of para-hydroxylation sites is 1. The molecule has 0 radical (unpaired) electrons. The van der Waals surface area contributed by atoms with E-state index in [4.69, 9.17) is 23.2 Å². The van der Waals surface area contributed by atoms with Crippen LogP contribution in [0.25, 0.3) is 5.69 Å². The molecule has 5 nitrogen and oxygen atoms in total. The van der Waals surface area contributed by atoms with E-state index >= 15 is 0 Å². The number of benzene rings is 1. The number of halogens is 2. The van der Waals surface area contributed by atoms with Crippen molar-refractivity contribution in [3.63, 3.8) is 0 Å². The van der Waals surface area contributed by atoms with Gasteiger partial charge in [0.1, 0.15) is 5.15 Å². The zero-order valence-corrected chi connectivity index (χ0v) is 14.7. The summed E-state index contributed by atoms with van der Waals surface area (Å²) in [7, 11) is 2.12. The highest BCUT2D eigenvalue weighted by Gasteiger charge is 2.16. The molecule has 0 amide bonds. The largest absolute Gasteiger partial charge is 0.303 e. The fourth-order valence-corrected chi connectivity index (χ4v) is 3.02. The van der Waals surface area contributed by atoms with Gasteiger partial charge >= 0.3 is 0 Å². The van der Waals surface area contributed by atoms with Crippen LogP contribution in [-0.2, 0) is 0 Å². The van der Waals surface area contributed by atoms with Crippen molar-refractivity contribution in [2.75, 3.05) is 33.2 Å². The van der Waals surface area contributed by atoms with Gasteiger partial charge in [0.2, 0.25) is 0 Å². The molecule has 1 saturated heterocycles. The Morgan fingerprint density at radius 2 is 1.83 bits per heavy atom. The van der Waals surface area contributed by atoms with Crippen molar-refractivity contribution in [2.45, 2.75) is 6.92 Å². The van der Waals surface area contributed by atoms with E-state index < -0.39 is 0 Å². The third-order valence-electron chi connectivity index (χ3n) is 3.96. The Balaban J connectivity index is 1.85. The lowest BCUT2D eigenvalue weighted by molar-refractivity contribution is 0.159. The molecule has 1 aromatic carbocycles. The SMILES string of the molecule is Cc1nn(-c2ccccc2Cl)c(Cl)c1/C=N/N1CCN(C)CC1. The van der Waals surface area contributed by atoms with Crippen LogP contribution in [-0.4, -0.2) is 59.1 Å². The fraction of sp³-hybridized carbons (Fsp3) is 0.375. The lowest BCUT2D eigenvalue weighted by atomic mass is 10.3. The molecule has 23 heavy (non-hydrogen) atoms. The molecule has 2 aromatic rings. The molecule has 0 bridgehead atoms. The van der Waals surface area contributed by atoms with Crippen LogP contribution in [0.5, 0.6) is 0 Å². The van der Waals surface area contributed by atoms with E-state index in [1.807, 2.05) is 31.2 Å². The number of likely N-dealkylation sites (N-methyl/N-ethyl adjacent to an activating group) is 1. The summed E-state index contributed by atoms with van der Waals surface area (Å²) in [6, 6.07) is 7.50. The Morgan fingerprint density at radius 3 is 2.52 bits per heavy atom. The molecule has 1 aromatic heterocycles. The van der Waals surface area contributed by atoms with Crippen molar-refractivity contribution in [3.05, 3.63) is 45.7 Å². The van der Waals surface area contributed by atoms with Gasteiger partial charge in [0.25, 0.3) is 0 Å². The summed E-state index contributed by atoms with van der Waals surface area (Å²) in [5, 5.41) is 12.2. The molecule has 0 unspecified atom stereocenters. The second-order valence-electron chi connectivity index (χ2n) is 5.65. The van der Waals surface area contributed by atoms with Crippen molar-refractivity contribution < 1.29 is 0 Å². The van der Waals surface area contributed by atoms with Crippen LogP contribution in [0.4, 0.5) is 0 Å². The molecule has 2 heterocycles. The Bertz CT molecular complexity index is 717. The molecule has 1 aliphatic heterocycles. The van der Waals surface area contributed by atoms with Crippen molar-refractivity contribution in [3.8, 4) is 5.69 Å². The lowest BCUT2D eigenvalue weighted by Gasteiger charge is -2.30. The van der Waals surface area contributed by atoms with Crippen LogP contribution in [0.1, 0.15) is 11.3 Å². The third-order valence-corrected chi connectivity index (χ3v) is 4.64. The number of nitrogens with zero attached hydrogens (tertiary/aromatic N) is 5. The molecule has 7 heteroatoms. The van der Waals surface area contributed by atoms with Crippen LogP contribution >= 0.6 is 23.2 Å². The van der Waals surface area contributed by atoms with Gasteiger partial charge in [0.05, 0.1) is 28.2 Å². The highest BCUT2D eigenvalue weighted by Crippen LogP contribution is 2.26. The third kappa shape index (κ3) is 3.52. The Morgan fingerprint density at radius 1 is 1.13 bits per heavy atom. The first kappa shape index (κ1) is 16.3. The quantitative estimate of drug-likeness (QED) is 0.797. The molecule has 1 aliphatic rings. The number of aromatic nitrogens is 2. The van der Waals surface area contributed by atoms with Crippen LogP contribution in [0.15, 0.2) is 29.4 Å². The van der Waals surface area contributed by atoms with Gasteiger partial charge < -0.3 is 4.90 Å². The number of piperazine rings is 1. The monoisotopic (exact) mass is 351 g/mol. The van der Waals surface area contributed by atoms with E-state index in [2.05, 4.69) is 27.2 Å². The van der Waals surface area contributed by atoms with Gasteiger partial charge in [-0.3, -0.25) is 5.01 Å². The van der Waals surface area contributed by atoms with Gasteiger partial charge in [-0.15, -0.1) is 0 Å². The standard InChI is InChI=1S/C16H19Cl2N5/c1-12-13(11-19-22-9-7-21(2)8-10-22)16(18)23(20-12)15-6-4-3-5-14(15)17/h3-6,11H,7-10H2,1-2H3/b19-11+. The predicted octanol–water partition coefficient (Wildman–Crippen LogP) is 3.07. The molecule has 1 fully saturated rings. The zero-order chi connectivity index (χ0) is 16.4. The van der Waals surface area contributed by atoms with Gasteiger partial charge in [0.15, 0.2) is 0 Å². The number of rotatable bonds is 3. The summed E-state index contributed by atoms with van der Waals surface area (Å²) in [4.78, 5) is 2.29. The average molecular weight is 352 g/mol. The fourth-order valence-electron chi connectivity index (χ4n) is 2.49. The maximum Gasteiger partial charge on any atom is 0.142 e. The predicted molar refractivity (Wildman–Crippen MR) is 95.0 cm³/mol. The molecule has 3 rings (SSSR count). The molecular formula is C16H19Cl2N5. The van der Waals surface area contributed by atoms with Crippen molar-refractivity contribution >= 4 is 29.4 Å². The Kier molecular flexibility index (Phi) is 4.90. The summed E-state index contributed by atoms with van der Waals surface area (Å²) in [5.41, 5.74) is 2.42. The minimum atomic E-state index is 0.522. The van der Waals surface area contributed by atoms with Gasteiger partial charge in [-0.25, -0.2) is 4.68 Å². The van der Waals surface area contributed by atoms with Gasteiger partial charge in [-0.2, -0.15) is 10.2 Å². The van der Waals surface area contributed by atoms with Crippen molar-refractivity contribution in [2.24, 2.45) is 5.10 Å². The zero-order valence-electron chi connectivity index (χ0n) is 13.2. The average Bonchev–Trinajstić information content (AvgIpc) is 2.82. The maximum atomic E-state index is 6.50. The van der Waals surface area contributed by atoms with E-state index in [9.17, 15) is 0 Å². The van der Waals surface area contributed by atoms with Crippen LogP contribution in [0.2, 0.25) is 10.2 Å². The molecular weight excluding hydrogens is 333 g/mol. The second kappa shape index (κ2) is 6.91. The summed E-state index contributed by atoms with van der Waals surface area (Å²) in [6.07, 6.45) is 1.79. The van der Waals surface area contributed by atoms with E-state index in [1.54, 1.807) is 10.9 Å². The highest BCUT2D eigenvalue weighted by molar-refractivity contribution is 6.34. The number of hydrogen-bond acceptors (Lipinski definition) is 4. The minimum Gasteiger partial charge on any atom is -0.303 e. The van der Waals surface area contributed by atoms with Crippen LogP contribution < -0.4 is 0 Å². The van der Waals surface area contributed by atoms with Gasteiger partial charge in [-0.1, -0.05) is 35.3 Å². The molecule has 0 saturated carbocycles. The topological polar surface area (TPSA) is 36.7 Å². The van der Waals surface area contributed by atoms with E-state index in [-0.39, 0.29) is 0 Å². The summed E-state index contributed by atoms with van der Waals surface area (Å²) in [6.45, 7) is 5.79. The van der Waals surface area contributed by atoms with E-state index in [1.165, 1.54) is 0 Å². The molecule has 0 atom stereocenters. The summed E-state index contributed by atoms with van der Waals surface area (Å²) >= 11 is 12.7. The first-order valence-electron chi connectivity index (χ1n) is 7.54. The first-order valence-corrected chi connectivity index (χ1v) is 8.29. The minimum absolute atomic E-state index is 0.522. The van der Waals surface area contributed by atoms with Crippen molar-refractivity contribution in [1.82, 2.24) is 19.7 Å². The summed E-state index contributed by atoms with van der Waals surface area (Å²) < 4.78 is 1.66. The maximum absolute atomic E-state index is 6.50. The smallest absolute Gasteiger partial charge is 0.142 e. The Hall–Kier alpha value is -1.56. The molecule has 0 N–H and O–H groups in total. The lowest BCUT2D eigenvalue weighted by Crippen LogP contribution is -2.41. The Labute approximate surface area is 146 Å². The number of hydrogen-bond donors (Lipinski definition) is 0. The van der Waals surface area contributed by atoms with Crippen LogP contribution in [0, 0.1) is 6.92 Å². The molecule has 0 spiro atoms. The number of hydrazone groups is 1. The van der Waals surface area contributed by atoms with E-state index in [0.717, 1.165) is 43.1 Å². The van der Waals surface area contributed by atoms with E-state index in [0.29, 0.717) is 10.2 Å². The number of aryl methyl sites for hydroxylation is 1. The normalized spacial score (nSPS) is 16.4.